The van der Waals surface area contributed by atoms with E-state index in [1.807, 2.05) is 24.3 Å². The Kier molecular flexibility index (Phi) is 6.64. The van der Waals surface area contributed by atoms with Crippen LogP contribution >= 0.6 is 22.9 Å². The number of aromatic nitrogens is 1. The van der Waals surface area contributed by atoms with Crippen molar-refractivity contribution in [2.45, 2.75) is 20.0 Å². The Balaban J connectivity index is 1.54. The van der Waals surface area contributed by atoms with Gasteiger partial charge in [-0.2, -0.15) is 0 Å². The second-order valence-corrected chi connectivity index (χ2v) is 8.20. The van der Waals surface area contributed by atoms with E-state index in [0.29, 0.717) is 29.8 Å². The summed E-state index contributed by atoms with van der Waals surface area (Å²) < 4.78 is 5.77. The minimum Gasteiger partial charge on any atom is -0.374 e. The van der Waals surface area contributed by atoms with Crippen LogP contribution in [-0.4, -0.2) is 54.7 Å². The van der Waals surface area contributed by atoms with Crippen molar-refractivity contribution >= 4 is 28.8 Å². The Morgan fingerprint density at radius 1 is 1.50 bits per heavy atom. The molecule has 1 fully saturated rings. The number of rotatable bonds is 6. The molecule has 26 heavy (non-hydrogen) atoms. The molecule has 140 valence electrons. The summed E-state index contributed by atoms with van der Waals surface area (Å²) in [6.45, 7) is 8.50. The molecule has 2 heterocycles. The third-order valence-electron chi connectivity index (χ3n) is 4.14. The number of carbonyl (C=O) groups excluding carboxylic acids is 1. The number of morpholine rings is 1. The fraction of sp³-hybridized carbons (Fsp3) is 0.474. The Labute approximate surface area is 163 Å². The van der Waals surface area contributed by atoms with E-state index in [1.165, 1.54) is 11.3 Å². The third kappa shape index (κ3) is 5.27. The Morgan fingerprint density at radius 2 is 2.35 bits per heavy atom. The minimum absolute atomic E-state index is 0.0255. The summed E-state index contributed by atoms with van der Waals surface area (Å²) in [5.41, 5.74) is 1.35. The SMILES string of the molecule is CC(C)CN1CCOC(CNC(=O)c2csc(-c3cccc(Cl)c3)n2)C1. The van der Waals surface area contributed by atoms with Crippen molar-refractivity contribution in [3.8, 4) is 10.6 Å². The first-order valence-electron chi connectivity index (χ1n) is 8.85. The Bertz CT molecular complexity index is 750. The van der Waals surface area contributed by atoms with E-state index < -0.39 is 0 Å². The summed E-state index contributed by atoms with van der Waals surface area (Å²) >= 11 is 7.46. The Hall–Kier alpha value is -1.47. The lowest BCUT2D eigenvalue weighted by molar-refractivity contribution is -0.0295. The fourth-order valence-corrected chi connectivity index (χ4v) is 4.00. The molecule has 3 rings (SSSR count). The molecule has 1 atom stereocenters. The first-order valence-corrected chi connectivity index (χ1v) is 10.1. The highest BCUT2D eigenvalue weighted by Crippen LogP contribution is 2.26. The van der Waals surface area contributed by atoms with Gasteiger partial charge in [0.2, 0.25) is 0 Å². The predicted octanol–water partition coefficient (Wildman–Crippen LogP) is 3.55. The highest BCUT2D eigenvalue weighted by molar-refractivity contribution is 7.13. The topological polar surface area (TPSA) is 54.5 Å². The van der Waals surface area contributed by atoms with Crippen molar-refractivity contribution in [1.29, 1.82) is 0 Å². The minimum atomic E-state index is -0.167. The van der Waals surface area contributed by atoms with Gasteiger partial charge in [0, 0.05) is 42.1 Å². The number of hydrogen-bond acceptors (Lipinski definition) is 5. The zero-order valence-corrected chi connectivity index (χ0v) is 16.6. The van der Waals surface area contributed by atoms with Gasteiger partial charge in [-0.15, -0.1) is 11.3 Å². The van der Waals surface area contributed by atoms with Gasteiger partial charge in [-0.1, -0.05) is 37.6 Å². The van der Waals surface area contributed by atoms with Gasteiger partial charge in [0.1, 0.15) is 10.7 Å². The van der Waals surface area contributed by atoms with E-state index in [4.69, 9.17) is 16.3 Å². The van der Waals surface area contributed by atoms with Crippen molar-refractivity contribution in [3.05, 3.63) is 40.4 Å². The van der Waals surface area contributed by atoms with E-state index in [0.717, 1.165) is 30.2 Å². The first-order chi connectivity index (χ1) is 12.5. The standard InChI is InChI=1S/C19H24ClN3O2S/c1-13(2)10-23-6-7-25-16(11-23)9-21-18(24)17-12-26-19(22-17)14-4-3-5-15(20)8-14/h3-5,8,12-13,16H,6-7,9-11H2,1-2H3,(H,21,24). The van der Waals surface area contributed by atoms with Crippen molar-refractivity contribution in [3.63, 3.8) is 0 Å². The van der Waals surface area contributed by atoms with Crippen LogP contribution in [0.25, 0.3) is 10.6 Å². The van der Waals surface area contributed by atoms with Gasteiger partial charge >= 0.3 is 0 Å². The van der Waals surface area contributed by atoms with Crippen LogP contribution < -0.4 is 5.32 Å². The number of hydrogen-bond donors (Lipinski definition) is 1. The maximum Gasteiger partial charge on any atom is 0.270 e. The molecule has 0 aliphatic carbocycles. The molecule has 1 aromatic heterocycles. The number of thiazole rings is 1. The number of nitrogens with one attached hydrogen (secondary N) is 1. The lowest BCUT2D eigenvalue weighted by Gasteiger charge is -2.33. The molecule has 5 nitrogen and oxygen atoms in total. The van der Waals surface area contributed by atoms with Crippen LogP contribution in [0.2, 0.25) is 5.02 Å². The lowest BCUT2D eigenvalue weighted by atomic mass is 10.2. The molecule has 1 saturated heterocycles. The summed E-state index contributed by atoms with van der Waals surface area (Å²) in [6.07, 6.45) is 0.0255. The van der Waals surface area contributed by atoms with Crippen LogP contribution in [0.5, 0.6) is 0 Å². The molecule has 7 heteroatoms. The number of nitrogens with zero attached hydrogens (tertiary/aromatic N) is 2. The normalized spacial score (nSPS) is 18.2. The van der Waals surface area contributed by atoms with Gasteiger partial charge in [0.25, 0.3) is 5.91 Å². The maximum absolute atomic E-state index is 12.4. The van der Waals surface area contributed by atoms with Crippen LogP contribution in [0, 0.1) is 5.92 Å². The quantitative estimate of drug-likeness (QED) is 0.815. The summed E-state index contributed by atoms with van der Waals surface area (Å²) in [5.74, 6) is 0.461. The molecule has 1 aliphatic heterocycles. The Morgan fingerprint density at radius 3 is 3.12 bits per heavy atom. The first kappa shape index (κ1) is 19.3. The number of carbonyl (C=O) groups is 1. The zero-order chi connectivity index (χ0) is 18.5. The van der Waals surface area contributed by atoms with Gasteiger partial charge < -0.3 is 10.1 Å². The van der Waals surface area contributed by atoms with Crippen LogP contribution in [0.4, 0.5) is 0 Å². The molecule has 0 saturated carbocycles. The summed E-state index contributed by atoms with van der Waals surface area (Å²) in [4.78, 5) is 19.2. The molecule has 0 radical (unpaired) electrons. The monoisotopic (exact) mass is 393 g/mol. The average molecular weight is 394 g/mol. The second kappa shape index (κ2) is 8.95. The highest BCUT2D eigenvalue weighted by Gasteiger charge is 2.22. The van der Waals surface area contributed by atoms with Gasteiger partial charge in [-0.25, -0.2) is 4.98 Å². The van der Waals surface area contributed by atoms with E-state index in [1.54, 1.807) is 5.38 Å². The van der Waals surface area contributed by atoms with Crippen LogP contribution in [0.3, 0.4) is 0 Å². The molecule has 1 aliphatic rings. The smallest absolute Gasteiger partial charge is 0.270 e. The molecule has 1 amide bonds. The molecule has 0 spiro atoms. The molecule has 1 aromatic carbocycles. The summed E-state index contributed by atoms with van der Waals surface area (Å²) in [5, 5.41) is 6.17. The van der Waals surface area contributed by atoms with Gasteiger partial charge in [0.15, 0.2) is 0 Å². The van der Waals surface area contributed by atoms with E-state index in [9.17, 15) is 4.79 Å². The molecular formula is C19H24ClN3O2S. The van der Waals surface area contributed by atoms with Crippen LogP contribution in [0.1, 0.15) is 24.3 Å². The van der Waals surface area contributed by atoms with Crippen molar-refractivity contribution in [2.24, 2.45) is 5.92 Å². The van der Waals surface area contributed by atoms with E-state index in [-0.39, 0.29) is 12.0 Å². The zero-order valence-electron chi connectivity index (χ0n) is 15.1. The summed E-state index contributed by atoms with van der Waals surface area (Å²) in [6, 6.07) is 7.48. The van der Waals surface area contributed by atoms with Gasteiger partial charge in [-0.3, -0.25) is 9.69 Å². The molecule has 2 aromatic rings. The predicted molar refractivity (Wildman–Crippen MR) is 106 cm³/mol. The summed E-state index contributed by atoms with van der Waals surface area (Å²) in [7, 11) is 0. The van der Waals surface area contributed by atoms with Crippen molar-refractivity contribution in [1.82, 2.24) is 15.2 Å². The third-order valence-corrected chi connectivity index (χ3v) is 5.27. The number of benzene rings is 1. The largest absolute Gasteiger partial charge is 0.374 e. The highest BCUT2D eigenvalue weighted by atomic mass is 35.5. The number of halogens is 1. The van der Waals surface area contributed by atoms with E-state index >= 15 is 0 Å². The molecular weight excluding hydrogens is 370 g/mol. The van der Waals surface area contributed by atoms with Crippen LogP contribution in [0.15, 0.2) is 29.6 Å². The van der Waals surface area contributed by atoms with Crippen molar-refractivity contribution < 1.29 is 9.53 Å². The van der Waals surface area contributed by atoms with Crippen molar-refractivity contribution in [2.75, 3.05) is 32.8 Å². The van der Waals surface area contributed by atoms with Gasteiger partial charge in [0.05, 0.1) is 12.7 Å². The van der Waals surface area contributed by atoms with Gasteiger partial charge in [-0.05, 0) is 18.1 Å². The molecule has 1 unspecified atom stereocenters. The lowest BCUT2D eigenvalue weighted by Crippen LogP contribution is -2.48. The molecule has 0 bridgehead atoms. The average Bonchev–Trinajstić information content (AvgIpc) is 3.10. The number of amides is 1. The maximum atomic E-state index is 12.4. The second-order valence-electron chi connectivity index (χ2n) is 6.90. The van der Waals surface area contributed by atoms with Crippen LogP contribution in [-0.2, 0) is 4.74 Å². The molecule has 1 N–H and O–H groups in total. The fourth-order valence-electron chi connectivity index (χ4n) is 3.02. The number of ether oxygens (including phenoxy) is 1. The van der Waals surface area contributed by atoms with E-state index in [2.05, 4.69) is 29.0 Å².